The molecule has 1 aromatic carbocycles. The molecule has 152 valence electrons. The lowest BCUT2D eigenvalue weighted by Gasteiger charge is -2.45. The molecule has 6 rings (SSSR count). The molecule has 29 heavy (non-hydrogen) atoms. The standard InChI is InChI=1S/C25H31N3O/c29-25-21(16-26-9-3-4-10-26)7-8-24-22-11-18(15-28(24)25)14-27(17-22)23-12-19-5-1-2-6-20(19)13-23/h1-2,5-8,18,22-23H,3-4,9-17H2/t18-,22+/m0/s1. The van der Waals surface area contributed by atoms with Crippen molar-refractivity contribution in [2.75, 3.05) is 26.2 Å². The van der Waals surface area contributed by atoms with Crippen LogP contribution in [0, 0.1) is 5.92 Å². The lowest BCUT2D eigenvalue weighted by Crippen LogP contribution is -2.51. The van der Waals surface area contributed by atoms with Gasteiger partial charge in [0.2, 0.25) is 0 Å². The number of pyridine rings is 1. The van der Waals surface area contributed by atoms with Crippen molar-refractivity contribution in [2.24, 2.45) is 5.92 Å². The molecule has 3 aliphatic heterocycles. The summed E-state index contributed by atoms with van der Waals surface area (Å²) < 4.78 is 2.14. The van der Waals surface area contributed by atoms with Gasteiger partial charge in [0.1, 0.15) is 0 Å². The highest BCUT2D eigenvalue weighted by molar-refractivity contribution is 5.33. The van der Waals surface area contributed by atoms with Crippen molar-refractivity contribution >= 4 is 0 Å². The van der Waals surface area contributed by atoms with Gasteiger partial charge in [-0.15, -0.1) is 0 Å². The van der Waals surface area contributed by atoms with Crippen LogP contribution in [-0.2, 0) is 25.9 Å². The highest BCUT2D eigenvalue weighted by Crippen LogP contribution is 2.38. The minimum atomic E-state index is 0.283. The maximum absolute atomic E-state index is 13.2. The Morgan fingerprint density at radius 3 is 2.41 bits per heavy atom. The molecule has 0 amide bonds. The van der Waals surface area contributed by atoms with Crippen LogP contribution in [0.25, 0.3) is 0 Å². The van der Waals surface area contributed by atoms with Crippen LogP contribution in [-0.4, -0.2) is 46.6 Å². The predicted octanol–water partition coefficient (Wildman–Crippen LogP) is 3.03. The smallest absolute Gasteiger partial charge is 0.255 e. The molecule has 2 fully saturated rings. The average molecular weight is 390 g/mol. The van der Waals surface area contributed by atoms with Gasteiger partial charge in [-0.2, -0.15) is 0 Å². The summed E-state index contributed by atoms with van der Waals surface area (Å²) >= 11 is 0. The number of rotatable bonds is 3. The average Bonchev–Trinajstić information content (AvgIpc) is 3.40. The van der Waals surface area contributed by atoms with Gasteiger partial charge in [-0.05, 0) is 68.3 Å². The Morgan fingerprint density at radius 1 is 0.897 bits per heavy atom. The zero-order valence-corrected chi connectivity index (χ0v) is 17.2. The third kappa shape index (κ3) is 3.17. The normalized spacial score (nSPS) is 27.2. The van der Waals surface area contributed by atoms with Crippen molar-refractivity contribution < 1.29 is 0 Å². The summed E-state index contributed by atoms with van der Waals surface area (Å²) in [4.78, 5) is 18.4. The summed E-state index contributed by atoms with van der Waals surface area (Å²) in [5.41, 5.74) is 5.65. The molecule has 1 aromatic heterocycles. The van der Waals surface area contributed by atoms with Crippen molar-refractivity contribution in [1.29, 1.82) is 0 Å². The monoisotopic (exact) mass is 389 g/mol. The summed E-state index contributed by atoms with van der Waals surface area (Å²) in [5.74, 6) is 1.13. The molecule has 4 heteroatoms. The summed E-state index contributed by atoms with van der Waals surface area (Å²) in [6.45, 7) is 6.30. The van der Waals surface area contributed by atoms with Gasteiger partial charge in [0, 0.05) is 49.4 Å². The molecular formula is C25H31N3O. The van der Waals surface area contributed by atoms with E-state index in [4.69, 9.17) is 0 Å². The van der Waals surface area contributed by atoms with Gasteiger partial charge in [0.25, 0.3) is 5.56 Å². The number of hydrogen-bond donors (Lipinski definition) is 0. The molecule has 2 bridgehead atoms. The van der Waals surface area contributed by atoms with E-state index in [0.717, 1.165) is 44.8 Å². The fourth-order valence-corrected chi connectivity index (χ4v) is 6.42. The first kappa shape index (κ1) is 17.9. The van der Waals surface area contributed by atoms with Crippen molar-refractivity contribution in [2.45, 2.75) is 57.2 Å². The van der Waals surface area contributed by atoms with E-state index < -0.39 is 0 Å². The zero-order chi connectivity index (χ0) is 19.4. The van der Waals surface area contributed by atoms with E-state index in [1.807, 2.05) is 0 Å². The first-order valence-electron chi connectivity index (χ1n) is 11.5. The molecule has 0 N–H and O–H groups in total. The number of hydrogen-bond acceptors (Lipinski definition) is 3. The van der Waals surface area contributed by atoms with Crippen LogP contribution in [0.1, 0.15) is 47.6 Å². The van der Waals surface area contributed by atoms with Crippen LogP contribution in [0.3, 0.4) is 0 Å². The Bertz CT molecular complexity index is 949. The van der Waals surface area contributed by atoms with Crippen LogP contribution < -0.4 is 5.56 Å². The van der Waals surface area contributed by atoms with Crippen molar-refractivity contribution in [3.63, 3.8) is 0 Å². The number of nitrogens with zero attached hydrogens (tertiary/aromatic N) is 3. The second kappa shape index (κ2) is 7.10. The first-order chi connectivity index (χ1) is 14.2. The topological polar surface area (TPSA) is 28.5 Å². The summed E-state index contributed by atoms with van der Waals surface area (Å²) in [5, 5.41) is 0. The quantitative estimate of drug-likeness (QED) is 0.808. The Hall–Kier alpha value is -1.91. The summed E-state index contributed by atoms with van der Waals surface area (Å²) in [6, 6.07) is 14.0. The maximum atomic E-state index is 13.2. The largest absolute Gasteiger partial charge is 0.312 e. The van der Waals surface area contributed by atoms with Crippen molar-refractivity contribution in [3.8, 4) is 0 Å². The third-order valence-electron chi connectivity index (χ3n) is 7.85. The van der Waals surface area contributed by atoms with Crippen LogP contribution in [0.4, 0.5) is 0 Å². The van der Waals surface area contributed by atoms with Crippen LogP contribution >= 0.6 is 0 Å². The van der Waals surface area contributed by atoms with E-state index in [-0.39, 0.29) is 5.56 Å². The van der Waals surface area contributed by atoms with Crippen LogP contribution in [0.15, 0.2) is 41.2 Å². The molecule has 0 saturated carbocycles. The minimum absolute atomic E-state index is 0.283. The molecule has 0 spiro atoms. The van der Waals surface area contributed by atoms with E-state index in [9.17, 15) is 4.79 Å². The molecule has 0 radical (unpaired) electrons. The first-order valence-corrected chi connectivity index (χ1v) is 11.5. The predicted molar refractivity (Wildman–Crippen MR) is 115 cm³/mol. The number of piperidine rings is 1. The maximum Gasteiger partial charge on any atom is 0.255 e. The van der Waals surface area contributed by atoms with E-state index in [2.05, 4.69) is 50.8 Å². The lowest BCUT2D eigenvalue weighted by atomic mass is 9.82. The second-order valence-corrected chi connectivity index (χ2v) is 9.77. The molecule has 2 saturated heterocycles. The Morgan fingerprint density at radius 2 is 1.66 bits per heavy atom. The summed E-state index contributed by atoms with van der Waals surface area (Å²) in [6.07, 6.45) is 6.18. The molecular weight excluding hydrogens is 358 g/mol. The second-order valence-electron chi connectivity index (χ2n) is 9.77. The lowest BCUT2D eigenvalue weighted by molar-refractivity contribution is 0.0845. The van der Waals surface area contributed by atoms with E-state index in [1.54, 1.807) is 0 Å². The highest BCUT2D eigenvalue weighted by atomic mass is 16.1. The Kier molecular flexibility index (Phi) is 4.39. The third-order valence-corrected chi connectivity index (χ3v) is 7.85. The van der Waals surface area contributed by atoms with E-state index in [1.165, 1.54) is 48.9 Å². The molecule has 2 atom stereocenters. The van der Waals surface area contributed by atoms with Crippen molar-refractivity contribution in [3.05, 3.63) is 69.1 Å². The molecule has 1 aliphatic carbocycles. The number of aromatic nitrogens is 1. The fraction of sp³-hybridized carbons (Fsp3) is 0.560. The van der Waals surface area contributed by atoms with Crippen molar-refractivity contribution in [1.82, 2.24) is 14.4 Å². The number of fused-ring (bicyclic) bond motifs is 5. The van der Waals surface area contributed by atoms with Gasteiger partial charge in [-0.3, -0.25) is 14.6 Å². The Balaban J connectivity index is 1.23. The molecule has 4 aliphatic rings. The number of benzene rings is 1. The zero-order valence-electron chi connectivity index (χ0n) is 17.2. The van der Waals surface area contributed by atoms with Gasteiger partial charge in [0.05, 0.1) is 0 Å². The van der Waals surface area contributed by atoms with E-state index in [0.29, 0.717) is 17.9 Å². The van der Waals surface area contributed by atoms with Gasteiger partial charge >= 0.3 is 0 Å². The fourth-order valence-electron chi connectivity index (χ4n) is 6.42. The molecule has 4 heterocycles. The van der Waals surface area contributed by atoms with Gasteiger partial charge in [-0.25, -0.2) is 0 Å². The highest BCUT2D eigenvalue weighted by Gasteiger charge is 2.38. The minimum Gasteiger partial charge on any atom is -0.312 e. The SMILES string of the molecule is O=c1c(CN2CCCC2)ccc2n1C[C@H]1C[C@@H]2CN(C2Cc3ccccc3C2)C1. The van der Waals surface area contributed by atoms with Gasteiger partial charge < -0.3 is 4.57 Å². The van der Waals surface area contributed by atoms with Gasteiger partial charge in [0.15, 0.2) is 0 Å². The van der Waals surface area contributed by atoms with Crippen LogP contribution in [0.2, 0.25) is 0 Å². The number of likely N-dealkylation sites (tertiary alicyclic amines) is 2. The summed E-state index contributed by atoms with van der Waals surface area (Å²) in [7, 11) is 0. The van der Waals surface area contributed by atoms with Gasteiger partial charge in [-0.1, -0.05) is 30.3 Å². The Labute approximate surface area is 173 Å². The molecule has 0 unspecified atom stereocenters. The molecule has 4 nitrogen and oxygen atoms in total. The van der Waals surface area contributed by atoms with Crippen LogP contribution in [0.5, 0.6) is 0 Å². The molecule has 2 aromatic rings. The van der Waals surface area contributed by atoms with E-state index >= 15 is 0 Å².